The highest BCUT2D eigenvalue weighted by Gasteiger charge is 2.61. The van der Waals surface area contributed by atoms with Crippen LogP contribution in [0.2, 0.25) is 0 Å². The number of rotatable bonds is 4. The number of ether oxygens (including phenoxy) is 2. The molecule has 11 heteroatoms. The van der Waals surface area contributed by atoms with E-state index in [1.807, 2.05) is 36.4 Å². The van der Waals surface area contributed by atoms with Crippen molar-refractivity contribution >= 4 is 34.8 Å². The maximum absolute atomic E-state index is 14.1. The average Bonchev–Trinajstić information content (AvgIpc) is 3.48. The monoisotopic (exact) mass is 592 g/mol. The van der Waals surface area contributed by atoms with E-state index < -0.39 is 53.2 Å². The number of carbonyl (C=O) groups is 4. The number of carbonyl (C=O) groups excluding carboxylic acids is 3. The zero-order valence-corrected chi connectivity index (χ0v) is 24.9. The van der Waals surface area contributed by atoms with Crippen LogP contribution >= 0.6 is 0 Å². The number of benzene rings is 1. The Kier molecular flexibility index (Phi) is 8.62. The predicted octanol–water partition coefficient (Wildman–Crippen LogP) is 3.96. The van der Waals surface area contributed by atoms with Crippen LogP contribution in [0.25, 0.3) is 10.9 Å². The van der Waals surface area contributed by atoms with Crippen molar-refractivity contribution in [3.05, 3.63) is 48.7 Å². The van der Waals surface area contributed by atoms with Gasteiger partial charge in [0.25, 0.3) is 0 Å². The Labute approximate surface area is 251 Å². The molecule has 0 spiro atoms. The number of allylic oxidation sites excluding steroid dienone is 1. The van der Waals surface area contributed by atoms with E-state index in [0.29, 0.717) is 18.6 Å². The summed E-state index contributed by atoms with van der Waals surface area (Å²) in [5.41, 5.74) is -1.41. The number of pyridine rings is 1. The largest absolute Gasteiger partial charge is 0.488 e. The first-order chi connectivity index (χ1) is 20.5. The fraction of sp³-hybridized carbons (Fsp3) is 0.531. The smallest absolute Gasteiger partial charge is 0.408 e. The second-order valence-corrected chi connectivity index (χ2v) is 12.6. The Bertz CT molecular complexity index is 1410. The van der Waals surface area contributed by atoms with E-state index in [4.69, 9.17) is 9.47 Å². The molecule has 3 N–H and O–H groups in total. The van der Waals surface area contributed by atoms with Crippen molar-refractivity contribution in [1.82, 2.24) is 20.5 Å². The van der Waals surface area contributed by atoms with Crippen LogP contribution in [0.5, 0.6) is 5.75 Å². The van der Waals surface area contributed by atoms with Gasteiger partial charge in [-0.05, 0) is 64.7 Å². The summed E-state index contributed by atoms with van der Waals surface area (Å²) in [6.45, 7) is 5.32. The fourth-order valence-corrected chi connectivity index (χ4v) is 5.95. The summed E-state index contributed by atoms with van der Waals surface area (Å²) < 4.78 is 11.8. The maximum atomic E-state index is 14.1. The van der Waals surface area contributed by atoms with Gasteiger partial charge >= 0.3 is 12.1 Å². The summed E-state index contributed by atoms with van der Waals surface area (Å²) in [5, 5.41) is 16.4. The van der Waals surface area contributed by atoms with Gasteiger partial charge in [-0.15, -0.1) is 0 Å². The Morgan fingerprint density at radius 1 is 1.14 bits per heavy atom. The lowest BCUT2D eigenvalue weighted by Crippen LogP contribution is -2.56. The van der Waals surface area contributed by atoms with Crippen LogP contribution in [0.3, 0.4) is 0 Å². The van der Waals surface area contributed by atoms with Gasteiger partial charge in [-0.2, -0.15) is 0 Å². The molecule has 5 atom stereocenters. The van der Waals surface area contributed by atoms with Crippen molar-refractivity contribution < 1.29 is 33.8 Å². The van der Waals surface area contributed by atoms with Crippen LogP contribution in [0.15, 0.2) is 48.7 Å². The second-order valence-electron chi connectivity index (χ2n) is 12.6. The molecule has 2 aliphatic heterocycles. The zero-order chi connectivity index (χ0) is 30.8. The van der Waals surface area contributed by atoms with E-state index in [1.54, 1.807) is 33.0 Å². The third-order valence-corrected chi connectivity index (χ3v) is 8.21. The van der Waals surface area contributed by atoms with Crippen LogP contribution < -0.4 is 15.4 Å². The van der Waals surface area contributed by atoms with E-state index in [9.17, 15) is 24.3 Å². The number of aliphatic carboxylic acids is 1. The molecule has 0 unspecified atom stereocenters. The average molecular weight is 593 g/mol. The van der Waals surface area contributed by atoms with Crippen LogP contribution in [0.1, 0.15) is 65.7 Å². The first-order valence-electron chi connectivity index (χ1n) is 15.0. The van der Waals surface area contributed by atoms with Crippen molar-refractivity contribution in [2.24, 2.45) is 5.92 Å². The molecular weight excluding hydrogens is 552 g/mol. The van der Waals surface area contributed by atoms with E-state index >= 15 is 0 Å². The second kappa shape index (κ2) is 12.2. The number of aromatic nitrogens is 1. The van der Waals surface area contributed by atoms with Crippen LogP contribution in [0.4, 0.5) is 4.79 Å². The quantitative estimate of drug-likeness (QED) is 0.452. The maximum Gasteiger partial charge on any atom is 0.408 e. The molecule has 5 rings (SSSR count). The lowest BCUT2D eigenvalue weighted by atomic mass is 10.0. The SMILES string of the molecule is CC(C)(C)OC(=O)N[C@H]1CCCCC/C=C/[C@H]2C[C@@]2(C(=O)O)NC(=O)[C@@H]2C[C@@H](Oc3ccnc4ccccc34)CN2C1=O. The highest BCUT2D eigenvalue weighted by Crippen LogP contribution is 2.45. The van der Waals surface area contributed by atoms with E-state index in [0.717, 1.165) is 30.2 Å². The molecule has 2 fully saturated rings. The predicted molar refractivity (Wildman–Crippen MR) is 158 cm³/mol. The standard InChI is InChI=1S/C32H40N4O7/c1-31(2,3)43-30(41)34-24-14-8-6-4-5-7-11-20-18-32(20,29(39)40)35-27(37)25-17-21(19-36(25)28(24)38)42-26-15-16-33-23-13-10-9-12-22(23)26/h7,9-13,15-16,20-21,24-25H,4-6,8,14,17-19H2,1-3H3,(H,34,41)(H,35,37)(H,39,40)/b11-7+/t20-,21+,24-,25-,32+/m0/s1. The van der Waals surface area contributed by atoms with E-state index in [-0.39, 0.29) is 25.3 Å². The van der Waals surface area contributed by atoms with Crippen molar-refractivity contribution in [1.29, 1.82) is 0 Å². The summed E-state index contributed by atoms with van der Waals surface area (Å²) in [4.78, 5) is 58.8. The molecule has 3 amide bonds. The molecule has 1 aliphatic carbocycles. The highest BCUT2D eigenvalue weighted by atomic mass is 16.6. The minimum atomic E-state index is -1.41. The summed E-state index contributed by atoms with van der Waals surface area (Å²) >= 11 is 0. The number of carboxylic acid groups (broad SMARTS) is 1. The molecule has 1 saturated carbocycles. The number of alkyl carbamates (subject to hydrolysis) is 1. The van der Waals surface area contributed by atoms with Crippen LogP contribution in [0, 0.1) is 5.92 Å². The van der Waals surface area contributed by atoms with Gasteiger partial charge < -0.3 is 30.1 Å². The summed E-state index contributed by atoms with van der Waals surface area (Å²) in [6.07, 6.45) is 8.14. The fourth-order valence-electron chi connectivity index (χ4n) is 5.95. The molecule has 2 aromatic rings. The molecule has 11 nitrogen and oxygen atoms in total. The number of carboxylic acids is 1. The number of fused-ring (bicyclic) bond motifs is 3. The zero-order valence-electron chi connectivity index (χ0n) is 24.9. The van der Waals surface area contributed by atoms with Gasteiger partial charge in [-0.3, -0.25) is 14.6 Å². The number of para-hydroxylation sites is 1. The van der Waals surface area contributed by atoms with Crippen LogP contribution in [-0.4, -0.2) is 74.7 Å². The Morgan fingerprint density at radius 2 is 1.93 bits per heavy atom. The lowest BCUT2D eigenvalue weighted by Gasteiger charge is -2.30. The molecule has 1 aromatic heterocycles. The van der Waals surface area contributed by atoms with Gasteiger partial charge in [0.2, 0.25) is 11.8 Å². The molecule has 230 valence electrons. The first-order valence-corrected chi connectivity index (χ1v) is 15.0. The number of hydrogen-bond acceptors (Lipinski definition) is 7. The molecule has 1 aromatic carbocycles. The summed E-state index contributed by atoms with van der Waals surface area (Å²) in [5.74, 6) is -1.83. The molecule has 3 heterocycles. The van der Waals surface area contributed by atoms with Gasteiger partial charge in [0.1, 0.15) is 35.1 Å². The van der Waals surface area contributed by atoms with Crippen LogP contribution in [-0.2, 0) is 19.1 Å². The summed E-state index contributed by atoms with van der Waals surface area (Å²) in [7, 11) is 0. The Balaban J connectivity index is 1.44. The van der Waals surface area contributed by atoms with Crippen molar-refractivity contribution in [3.8, 4) is 5.75 Å². The minimum Gasteiger partial charge on any atom is -0.488 e. The van der Waals surface area contributed by atoms with Crippen molar-refractivity contribution in [3.63, 3.8) is 0 Å². The van der Waals surface area contributed by atoms with Gasteiger partial charge in [0.05, 0.1) is 12.1 Å². The van der Waals surface area contributed by atoms with Gasteiger partial charge in [0.15, 0.2) is 0 Å². The number of nitrogens with one attached hydrogen (secondary N) is 2. The molecule has 3 aliphatic rings. The third-order valence-electron chi connectivity index (χ3n) is 8.21. The van der Waals surface area contributed by atoms with E-state index in [1.165, 1.54) is 4.90 Å². The summed E-state index contributed by atoms with van der Waals surface area (Å²) in [6, 6.07) is 7.36. The van der Waals surface area contributed by atoms with Gasteiger partial charge in [-0.1, -0.05) is 37.1 Å². The minimum absolute atomic E-state index is 0.0868. The van der Waals surface area contributed by atoms with Crippen molar-refractivity contribution in [2.75, 3.05) is 6.54 Å². The highest BCUT2D eigenvalue weighted by molar-refractivity contribution is 5.96. The lowest BCUT2D eigenvalue weighted by molar-refractivity contribution is -0.145. The molecule has 0 radical (unpaired) electrons. The third kappa shape index (κ3) is 6.92. The molecule has 43 heavy (non-hydrogen) atoms. The number of hydrogen-bond donors (Lipinski definition) is 3. The Morgan fingerprint density at radius 3 is 2.70 bits per heavy atom. The normalized spacial score (nSPS) is 28.9. The number of amides is 3. The molecule has 0 bridgehead atoms. The molecular formula is C32H40N4O7. The number of nitrogens with zero attached hydrogens (tertiary/aromatic N) is 2. The topological polar surface area (TPSA) is 147 Å². The molecule has 1 saturated heterocycles. The first kappa shape index (κ1) is 30.3. The van der Waals surface area contributed by atoms with Crippen molar-refractivity contribution in [2.45, 2.75) is 95.0 Å². The Hall–Kier alpha value is -4.15. The van der Waals surface area contributed by atoms with E-state index in [2.05, 4.69) is 15.6 Å². The van der Waals surface area contributed by atoms with Gasteiger partial charge in [0, 0.05) is 23.9 Å². The van der Waals surface area contributed by atoms with Gasteiger partial charge in [-0.25, -0.2) is 9.59 Å².